The van der Waals surface area contributed by atoms with Crippen molar-refractivity contribution in [2.24, 2.45) is 0 Å². The van der Waals surface area contributed by atoms with E-state index >= 15 is 0 Å². The zero-order valence-corrected chi connectivity index (χ0v) is 20.6. The molecule has 0 aliphatic heterocycles. The minimum absolute atomic E-state index is 0.176. The van der Waals surface area contributed by atoms with Gasteiger partial charge in [0.25, 0.3) is 0 Å². The van der Waals surface area contributed by atoms with Crippen LogP contribution in [0.4, 0.5) is 4.39 Å². The second-order valence-electron chi connectivity index (χ2n) is 8.75. The smallest absolute Gasteiger partial charge is 0.243 e. The van der Waals surface area contributed by atoms with Gasteiger partial charge >= 0.3 is 0 Å². The summed E-state index contributed by atoms with van der Waals surface area (Å²) in [6.45, 7) is 0.403. The van der Waals surface area contributed by atoms with Gasteiger partial charge in [0.05, 0.1) is 18.0 Å². The average Bonchev–Trinajstić information content (AvgIpc) is 3.57. The molecule has 1 fully saturated rings. The van der Waals surface area contributed by atoms with Crippen LogP contribution in [0.3, 0.4) is 0 Å². The molecule has 0 spiro atoms. The van der Waals surface area contributed by atoms with Crippen LogP contribution < -0.4 is 0 Å². The Morgan fingerprint density at radius 3 is 2.34 bits per heavy atom. The Morgan fingerprint density at radius 1 is 0.914 bits per heavy atom. The molecule has 1 aliphatic rings. The first-order chi connectivity index (χ1) is 16.9. The van der Waals surface area contributed by atoms with Crippen molar-refractivity contribution in [3.8, 4) is 0 Å². The minimum atomic E-state index is -3.86. The number of nitrogens with zero attached hydrogens (tertiary/aromatic N) is 2. The Kier molecular flexibility index (Phi) is 6.69. The molecule has 1 saturated carbocycles. The fourth-order valence-electron chi connectivity index (χ4n) is 4.10. The molecule has 1 amide bonds. The summed E-state index contributed by atoms with van der Waals surface area (Å²) in [6.07, 6.45) is 1.48. The van der Waals surface area contributed by atoms with Gasteiger partial charge in [-0.25, -0.2) is 12.8 Å². The first-order valence-corrected chi connectivity index (χ1v) is 13.8. The predicted molar refractivity (Wildman–Crippen MR) is 136 cm³/mol. The molecule has 0 radical (unpaired) electrons. The second kappa shape index (κ2) is 9.89. The van der Waals surface area contributed by atoms with Crippen LogP contribution in [-0.2, 0) is 27.9 Å². The predicted octanol–water partition coefficient (Wildman–Crippen LogP) is 5.42. The maximum Gasteiger partial charge on any atom is 0.243 e. The third-order valence-corrected chi connectivity index (χ3v) is 8.89. The number of carbonyl (C=O) groups is 1. The molecule has 3 aromatic carbocycles. The number of hydrogen-bond donors (Lipinski definition) is 0. The van der Waals surface area contributed by atoms with Crippen molar-refractivity contribution in [1.82, 2.24) is 9.21 Å². The Bertz CT molecular complexity index is 1430. The average molecular weight is 509 g/mol. The highest BCUT2D eigenvalue weighted by Gasteiger charge is 2.40. The van der Waals surface area contributed by atoms with E-state index in [4.69, 9.17) is 0 Å². The first-order valence-electron chi connectivity index (χ1n) is 11.5. The summed E-state index contributed by atoms with van der Waals surface area (Å²) in [5.41, 5.74) is 0.784. The van der Waals surface area contributed by atoms with Gasteiger partial charge in [-0.1, -0.05) is 48.5 Å². The largest absolute Gasteiger partial charge is 0.332 e. The Morgan fingerprint density at radius 2 is 1.66 bits per heavy atom. The van der Waals surface area contributed by atoms with E-state index in [1.54, 1.807) is 35.2 Å². The van der Waals surface area contributed by atoms with E-state index in [9.17, 15) is 17.6 Å². The SMILES string of the molecule is O=C(CN(C1CC1)S(=O)(=O)c1ccc2ccccc2c1)N(Cc1ccc(F)cc1)Cc1cccs1. The molecular formula is C27H25FN2O3S2. The van der Waals surface area contributed by atoms with Crippen LogP contribution in [0.1, 0.15) is 23.3 Å². The summed E-state index contributed by atoms with van der Waals surface area (Å²) < 4.78 is 42.0. The molecule has 8 heteroatoms. The molecule has 1 aliphatic carbocycles. The highest BCUT2D eigenvalue weighted by atomic mass is 32.2. The van der Waals surface area contributed by atoms with E-state index in [-0.39, 0.29) is 35.8 Å². The summed E-state index contributed by atoms with van der Waals surface area (Å²) in [6, 6.07) is 22.4. The van der Waals surface area contributed by atoms with Crippen molar-refractivity contribution < 1.29 is 17.6 Å². The molecule has 0 N–H and O–H groups in total. The summed E-state index contributed by atoms with van der Waals surface area (Å²) in [4.78, 5) is 16.4. The van der Waals surface area contributed by atoms with Crippen molar-refractivity contribution in [3.05, 3.63) is 101 Å². The molecule has 1 heterocycles. The maximum atomic E-state index is 13.6. The lowest BCUT2D eigenvalue weighted by molar-refractivity contribution is -0.132. The van der Waals surface area contributed by atoms with Crippen LogP contribution in [0.15, 0.2) is 89.1 Å². The molecule has 5 rings (SSSR count). The molecule has 35 heavy (non-hydrogen) atoms. The topological polar surface area (TPSA) is 57.7 Å². The van der Waals surface area contributed by atoms with Crippen LogP contribution in [0.25, 0.3) is 10.8 Å². The molecule has 0 bridgehead atoms. The molecule has 0 unspecified atom stereocenters. The van der Waals surface area contributed by atoms with Gasteiger partial charge in [-0.05, 0) is 64.9 Å². The fraction of sp³-hybridized carbons (Fsp3) is 0.222. The molecular weight excluding hydrogens is 483 g/mol. The highest BCUT2D eigenvalue weighted by molar-refractivity contribution is 7.89. The summed E-state index contributed by atoms with van der Waals surface area (Å²) in [5, 5.41) is 3.74. The quantitative estimate of drug-likeness (QED) is 0.303. The zero-order chi connectivity index (χ0) is 24.4. The van der Waals surface area contributed by atoms with Gasteiger partial charge in [0.15, 0.2) is 0 Å². The third kappa shape index (κ3) is 5.45. The number of benzene rings is 3. The van der Waals surface area contributed by atoms with Crippen molar-refractivity contribution in [2.45, 2.75) is 36.9 Å². The lowest BCUT2D eigenvalue weighted by Gasteiger charge is -2.27. The Labute approximate surface area is 208 Å². The number of fused-ring (bicyclic) bond motifs is 1. The standard InChI is InChI=1S/C27H25FN2O3S2/c28-23-10-7-20(8-11-23)17-29(18-25-6-3-15-34-25)27(31)19-30(24-12-13-24)35(32,33)26-14-9-21-4-1-2-5-22(21)16-26/h1-11,14-16,24H,12-13,17-19H2. The first kappa shape index (κ1) is 23.7. The van der Waals surface area contributed by atoms with E-state index in [2.05, 4.69) is 0 Å². The van der Waals surface area contributed by atoms with E-state index in [1.807, 2.05) is 41.8 Å². The normalized spacial score (nSPS) is 13.9. The van der Waals surface area contributed by atoms with E-state index in [0.29, 0.717) is 6.54 Å². The number of thiophene rings is 1. The number of hydrogen-bond acceptors (Lipinski definition) is 4. The van der Waals surface area contributed by atoms with Gasteiger partial charge in [0.2, 0.25) is 15.9 Å². The number of amides is 1. The summed E-state index contributed by atoms with van der Waals surface area (Å²) in [7, 11) is -3.86. The van der Waals surface area contributed by atoms with Crippen molar-refractivity contribution in [3.63, 3.8) is 0 Å². The van der Waals surface area contributed by atoms with E-state index in [0.717, 1.165) is 34.1 Å². The number of rotatable bonds is 9. The van der Waals surface area contributed by atoms with E-state index < -0.39 is 10.0 Å². The van der Waals surface area contributed by atoms with Crippen LogP contribution in [-0.4, -0.2) is 36.1 Å². The van der Waals surface area contributed by atoms with Gasteiger partial charge < -0.3 is 4.90 Å². The monoisotopic (exact) mass is 508 g/mol. The molecule has 4 aromatic rings. The van der Waals surface area contributed by atoms with Gasteiger partial charge in [0.1, 0.15) is 5.82 Å². The Balaban J connectivity index is 1.41. The van der Waals surface area contributed by atoms with Gasteiger partial charge in [0, 0.05) is 17.5 Å². The van der Waals surface area contributed by atoms with Gasteiger partial charge in [-0.3, -0.25) is 4.79 Å². The zero-order valence-electron chi connectivity index (χ0n) is 19.0. The van der Waals surface area contributed by atoms with Crippen molar-refractivity contribution >= 4 is 38.0 Å². The summed E-state index contributed by atoms with van der Waals surface area (Å²) in [5.74, 6) is -0.620. The minimum Gasteiger partial charge on any atom is -0.332 e. The second-order valence-corrected chi connectivity index (χ2v) is 11.7. The lowest BCUT2D eigenvalue weighted by atomic mass is 10.1. The van der Waals surface area contributed by atoms with Crippen LogP contribution in [0, 0.1) is 5.82 Å². The third-order valence-electron chi connectivity index (χ3n) is 6.14. The van der Waals surface area contributed by atoms with Crippen molar-refractivity contribution in [1.29, 1.82) is 0 Å². The maximum absolute atomic E-state index is 13.6. The number of halogens is 1. The number of sulfonamides is 1. The van der Waals surface area contributed by atoms with Crippen LogP contribution in [0.5, 0.6) is 0 Å². The van der Waals surface area contributed by atoms with Gasteiger partial charge in [-0.2, -0.15) is 4.31 Å². The van der Waals surface area contributed by atoms with Crippen LogP contribution in [0.2, 0.25) is 0 Å². The fourth-order valence-corrected chi connectivity index (χ4v) is 6.49. The van der Waals surface area contributed by atoms with Gasteiger partial charge in [-0.15, -0.1) is 11.3 Å². The molecule has 5 nitrogen and oxygen atoms in total. The summed E-state index contributed by atoms with van der Waals surface area (Å²) >= 11 is 1.54. The molecule has 0 atom stereocenters. The van der Waals surface area contributed by atoms with Crippen LogP contribution >= 0.6 is 11.3 Å². The number of carbonyl (C=O) groups excluding carboxylic acids is 1. The lowest BCUT2D eigenvalue weighted by Crippen LogP contribution is -2.43. The van der Waals surface area contributed by atoms with E-state index in [1.165, 1.54) is 27.8 Å². The molecule has 0 saturated heterocycles. The molecule has 180 valence electrons. The van der Waals surface area contributed by atoms with Crippen molar-refractivity contribution in [2.75, 3.05) is 6.54 Å². The highest BCUT2D eigenvalue weighted by Crippen LogP contribution is 2.33. The molecule has 1 aromatic heterocycles. The Hall–Kier alpha value is -3.07.